The molecule has 4 nitrogen and oxygen atoms in total. The van der Waals surface area contributed by atoms with Crippen LogP contribution in [0, 0.1) is 0 Å². The van der Waals surface area contributed by atoms with Gasteiger partial charge in [-0.3, -0.25) is 9.00 Å². The fourth-order valence-electron chi connectivity index (χ4n) is 1.87. The van der Waals surface area contributed by atoms with Crippen LogP contribution in [0.25, 0.3) is 0 Å². The topological polar surface area (TPSA) is 58.2 Å². The SMILES string of the molecule is CC(CS(C)=O)NC(=O)C1(C)CCCN1. The highest BCUT2D eigenvalue weighted by Crippen LogP contribution is 2.18. The van der Waals surface area contributed by atoms with Crippen molar-refractivity contribution in [3.8, 4) is 0 Å². The number of rotatable bonds is 4. The number of carbonyl (C=O) groups excluding carboxylic acids is 1. The standard InChI is InChI=1S/C10H20N2O2S/c1-8(7-15(3)14)12-9(13)10(2)5-4-6-11-10/h8,11H,4-7H2,1-3H3,(H,12,13). The largest absolute Gasteiger partial charge is 0.351 e. The van der Waals surface area contributed by atoms with Gasteiger partial charge in [0, 0.05) is 28.9 Å². The second kappa shape index (κ2) is 5.07. The molecule has 0 aromatic heterocycles. The summed E-state index contributed by atoms with van der Waals surface area (Å²) >= 11 is 0. The van der Waals surface area contributed by atoms with Crippen molar-refractivity contribution in [2.24, 2.45) is 0 Å². The van der Waals surface area contributed by atoms with Crippen LogP contribution in [0.5, 0.6) is 0 Å². The van der Waals surface area contributed by atoms with Crippen molar-refractivity contribution < 1.29 is 9.00 Å². The van der Waals surface area contributed by atoms with E-state index < -0.39 is 16.3 Å². The van der Waals surface area contributed by atoms with Gasteiger partial charge in [0.1, 0.15) is 0 Å². The predicted molar refractivity (Wildman–Crippen MR) is 62.2 cm³/mol. The smallest absolute Gasteiger partial charge is 0.240 e. The van der Waals surface area contributed by atoms with E-state index in [9.17, 15) is 9.00 Å². The van der Waals surface area contributed by atoms with Crippen LogP contribution >= 0.6 is 0 Å². The lowest BCUT2D eigenvalue weighted by molar-refractivity contribution is -0.126. The Morgan fingerprint density at radius 1 is 1.67 bits per heavy atom. The van der Waals surface area contributed by atoms with Crippen LogP contribution in [0.2, 0.25) is 0 Å². The average Bonchev–Trinajstić information content (AvgIpc) is 2.51. The fourth-order valence-corrected chi connectivity index (χ4v) is 2.65. The number of nitrogens with one attached hydrogen (secondary N) is 2. The van der Waals surface area contributed by atoms with Crippen molar-refractivity contribution in [2.45, 2.75) is 38.3 Å². The van der Waals surface area contributed by atoms with Crippen molar-refractivity contribution in [3.05, 3.63) is 0 Å². The summed E-state index contributed by atoms with van der Waals surface area (Å²) in [6.07, 6.45) is 3.57. The Bertz CT molecular complexity index is 262. The Hall–Kier alpha value is -0.420. The molecule has 0 radical (unpaired) electrons. The van der Waals surface area contributed by atoms with Gasteiger partial charge in [0.05, 0.1) is 5.54 Å². The predicted octanol–water partition coefficient (Wildman–Crippen LogP) is 0.0117. The third-order valence-electron chi connectivity index (χ3n) is 2.73. The molecule has 1 aliphatic rings. The van der Waals surface area contributed by atoms with Crippen LogP contribution in [0.1, 0.15) is 26.7 Å². The third kappa shape index (κ3) is 3.57. The van der Waals surface area contributed by atoms with Gasteiger partial charge in [0.15, 0.2) is 0 Å². The molecule has 0 spiro atoms. The molecule has 0 aliphatic carbocycles. The van der Waals surface area contributed by atoms with Gasteiger partial charge >= 0.3 is 0 Å². The van der Waals surface area contributed by atoms with E-state index in [1.54, 1.807) is 6.26 Å². The molecule has 3 atom stereocenters. The molecule has 15 heavy (non-hydrogen) atoms. The zero-order valence-corrected chi connectivity index (χ0v) is 10.4. The highest BCUT2D eigenvalue weighted by Gasteiger charge is 2.36. The van der Waals surface area contributed by atoms with Crippen LogP contribution in [-0.2, 0) is 15.6 Å². The van der Waals surface area contributed by atoms with Crippen molar-refractivity contribution >= 4 is 16.7 Å². The van der Waals surface area contributed by atoms with Crippen molar-refractivity contribution in [1.29, 1.82) is 0 Å². The molecule has 1 saturated heterocycles. The molecule has 0 saturated carbocycles. The summed E-state index contributed by atoms with van der Waals surface area (Å²) in [7, 11) is -0.862. The van der Waals surface area contributed by atoms with Gasteiger partial charge in [-0.25, -0.2) is 0 Å². The van der Waals surface area contributed by atoms with Gasteiger partial charge in [-0.05, 0) is 33.2 Å². The van der Waals surface area contributed by atoms with E-state index in [0.29, 0.717) is 5.75 Å². The summed E-state index contributed by atoms with van der Waals surface area (Å²) in [5, 5.41) is 6.10. The summed E-state index contributed by atoms with van der Waals surface area (Å²) in [5.74, 6) is 0.542. The van der Waals surface area contributed by atoms with Gasteiger partial charge < -0.3 is 10.6 Å². The van der Waals surface area contributed by atoms with E-state index in [-0.39, 0.29) is 11.9 Å². The minimum absolute atomic E-state index is 0.0254. The average molecular weight is 232 g/mol. The van der Waals surface area contributed by atoms with Gasteiger partial charge in [-0.2, -0.15) is 0 Å². The number of amides is 1. The fraction of sp³-hybridized carbons (Fsp3) is 0.900. The molecule has 3 unspecified atom stereocenters. The molecule has 1 heterocycles. The van der Waals surface area contributed by atoms with E-state index in [2.05, 4.69) is 10.6 Å². The molecule has 0 aromatic carbocycles. The number of hydrogen-bond acceptors (Lipinski definition) is 3. The highest BCUT2D eigenvalue weighted by atomic mass is 32.2. The number of hydrogen-bond donors (Lipinski definition) is 2. The van der Waals surface area contributed by atoms with Crippen LogP contribution in [0.15, 0.2) is 0 Å². The van der Waals surface area contributed by atoms with Crippen LogP contribution in [0.3, 0.4) is 0 Å². The minimum Gasteiger partial charge on any atom is -0.351 e. The summed E-state index contributed by atoms with van der Waals surface area (Å²) in [6, 6.07) is -0.0254. The van der Waals surface area contributed by atoms with E-state index >= 15 is 0 Å². The van der Waals surface area contributed by atoms with Gasteiger partial charge in [0.25, 0.3) is 0 Å². The van der Waals surface area contributed by atoms with E-state index in [1.165, 1.54) is 0 Å². The van der Waals surface area contributed by atoms with Gasteiger partial charge in [0.2, 0.25) is 5.91 Å². The maximum absolute atomic E-state index is 11.9. The first-order valence-corrected chi connectivity index (χ1v) is 7.03. The lowest BCUT2D eigenvalue weighted by atomic mass is 9.99. The molecule has 1 aliphatic heterocycles. The summed E-state index contributed by atoms with van der Waals surface area (Å²) < 4.78 is 11.0. The van der Waals surface area contributed by atoms with Crippen molar-refractivity contribution in [3.63, 3.8) is 0 Å². The van der Waals surface area contributed by atoms with Crippen molar-refractivity contribution in [1.82, 2.24) is 10.6 Å². The highest BCUT2D eigenvalue weighted by molar-refractivity contribution is 7.84. The third-order valence-corrected chi connectivity index (χ3v) is 3.70. The molecule has 0 aromatic rings. The van der Waals surface area contributed by atoms with E-state index in [1.807, 2.05) is 13.8 Å². The maximum Gasteiger partial charge on any atom is 0.240 e. The molecule has 88 valence electrons. The molecular weight excluding hydrogens is 212 g/mol. The molecule has 1 fully saturated rings. The van der Waals surface area contributed by atoms with Gasteiger partial charge in [-0.15, -0.1) is 0 Å². The molecule has 1 rings (SSSR count). The van der Waals surface area contributed by atoms with Crippen LogP contribution < -0.4 is 10.6 Å². The summed E-state index contributed by atoms with van der Waals surface area (Å²) in [5.41, 5.74) is -0.427. The van der Waals surface area contributed by atoms with E-state index in [4.69, 9.17) is 0 Å². The quantitative estimate of drug-likeness (QED) is 0.718. The van der Waals surface area contributed by atoms with E-state index in [0.717, 1.165) is 19.4 Å². The Kier molecular flexibility index (Phi) is 4.28. The molecule has 5 heteroatoms. The molecular formula is C10H20N2O2S. The van der Waals surface area contributed by atoms with Crippen molar-refractivity contribution in [2.75, 3.05) is 18.6 Å². The first kappa shape index (κ1) is 12.6. The lowest BCUT2D eigenvalue weighted by Crippen LogP contribution is -2.54. The second-order valence-corrected chi connectivity index (χ2v) is 5.96. The second-order valence-electron chi connectivity index (χ2n) is 4.48. The molecule has 0 bridgehead atoms. The Labute approximate surface area is 93.7 Å². The monoisotopic (exact) mass is 232 g/mol. The normalized spacial score (nSPS) is 29.8. The lowest BCUT2D eigenvalue weighted by Gasteiger charge is -2.25. The Morgan fingerprint density at radius 3 is 2.80 bits per heavy atom. The Balaban J connectivity index is 2.44. The van der Waals surface area contributed by atoms with Gasteiger partial charge in [-0.1, -0.05) is 0 Å². The molecule has 2 N–H and O–H groups in total. The Morgan fingerprint density at radius 2 is 2.33 bits per heavy atom. The summed E-state index contributed by atoms with van der Waals surface area (Å²) in [6.45, 7) is 4.71. The molecule has 1 amide bonds. The zero-order valence-electron chi connectivity index (χ0n) is 9.63. The minimum atomic E-state index is -0.862. The first-order valence-electron chi connectivity index (χ1n) is 5.30. The van der Waals surface area contributed by atoms with Crippen LogP contribution in [-0.4, -0.2) is 40.3 Å². The zero-order chi connectivity index (χ0) is 11.5. The number of carbonyl (C=O) groups is 1. The maximum atomic E-state index is 11.9. The first-order chi connectivity index (χ1) is 6.94. The van der Waals surface area contributed by atoms with Crippen LogP contribution in [0.4, 0.5) is 0 Å². The summed E-state index contributed by atoms with van der Waals surface area (Å²) in [4.78, 5) is 11.9.